The quantitative estimate of drug-likeness (QED) is 0.622. The average molecular weight is 207 g/mol. The van der Waals surface area contributed by atoms with E-state index in [4.69, 9.17) is 16.9 Å². The molecule has 2 nitrogen and oxygen atoms in total. The highest BCUT2D eigenvalue weighted by atomic mass is 35.5. The molecule has 0 aliphatic carbocycles. The summed E-state index contributed by atoms with van der Waals surface area (Å²) in [4.78, 5) is 3.80. The summed E-state index contributed by atoms with van der Waals surface area (Å²) in [6.45, 7) is 0. The summed E-state index contributed by atoms with van der Waals surface area (Å²) < 4.78 is 12.8. The third-order valence-electron chi connectivity index (χ3n) is 1.92. The zero-order valence-electron chi connectivity index (χ0n) is 6.96. The normalized spacial score (nSPS) is 10.1. The van der Waals surface area contributed by atoms with Gasteiger partial charge < -0.3 is 0 Å². The van der Waals surface area contributed by atoms with Gasteiger partial charge in [-0.15, -0.1) is 0 Å². The first-order chi connectivity index (χ1) is 6.72. The maximum absolute atomic E-state index is 12.8. The average Bonchev–Trinajstić information content (AvgIpc) is 2.18. The summed E-state index contributed by atoms with van der Waals surface area (Å²) >= 11 is 5.72. The van der Waals surface area contributed by atoms with Crippen LogP contribution >= 0.6 is 11.6 Å². The molecule has 0 atom stereocenters. The van der Waals surface area contributed by atoms with Crippen molar-refractivity contribution in [3.05, 3.63) is 40.9 Å². The van der Waals surface area contributed by atoms with Gasteiger partial charge in [0.25, 0.3) is 0 Å². The van der Waals surface area contributed by atoms with Gasteiger partial charge in [-0.3, -0.25) is 0 Å². The monoisotopic (exact) mass is 206 g/mol. The van der Waals surface area contributed by atoms with E-state index in [0.29, 0.717) is 10.8 Å². The first-order valence-corrected chi connectivity index (χ1v) is 4.24. The Morgan fingerprint density at radius 2 is 2.21 bits per heavy atom. The van der Waals surface area contributed by atoms with Crippen LogP contribution in [0.4, 0.5) is 4.39 Å². The molecule has 1 aromatic carbocycles. The molecule has 1 heterocycles. The molecule has 4 heteroatoms. The van der Waals surface area contributed by atoms with Crippen molar-refractivity contribution in [3.8, 4) is 6.07 Å². The number of nitrogens with zero attached hydrogens (tertiary/aromatic N) is 2. The van der Waals surface area contributed by atoms with E-state index < -0.39 is 0 Å². The molecule has 14 heavy (non-hydrogen) atoms. The highest BCUT2D eigenvalue weighted by molar-refractivity contribution is 6.31. The van der Waals surface area contributed by atoms with E-state index in [2.05, 4.69) is 4.98 Å². The lowest BCUT2D eigenvalue weighted by molar-refractivity contribution is 0.629. The smallest absolute Gasteiger partial charge is 0.147 e. The minimum Gasteiger partial charge on any atom is -0.242 e. The Hall–Kier alpha value is -1.66. The van der Waals surface area contributed by atoms with Gasteiger partial charge in [-0.2, -0.15) is 5.26 Å². The van der Waals surface area contributed by atoms with E-state index in [1.54, 1.807) is 0 Å². The van der Waals surface area contributed by atoms with E-state index in [1.165, 1.54) is 24.4 Å². The topological polar surface area (TPSA) is 36.7 Å². The Morgan fingerprint density at radius 1 is 1.43 bits per heavy atom. The molecule has 0 fully saturated rings. The SMILES string of the molecule is N#Cc1c(Cl)ncc2cc(F)ccc12. The van der Waals surface area contributed by atoms with Crippen LogP contribution in [0.1, 0.15) is 5.56 Å². The lowest BCUT2D eigenvalue weighted by atomic mass is 10.1. The van der Waals surface area contributed by atoms with Crippen LogP contribution in [0.25, 0.3) is 10.8 Å². The molecular formula is C10H4ClFN2. The van der Waals surface area contributed by atoms with Crippen molar-refractivity contribution in [1.82, 2.24) is 4.98 Å². The molecule has 68 valence electrons. The third kappa shape index (κ3) is 1.30. The van der Waals surface area contributed by atoms with Crippen LogP contribution in [0.3, 0.4) is 0 Å². The van der Waals surface area contributed by atoms with Gasteiger partial charge >= 0.3 is 0 Å². The summed E-state index contributed by atoms with van der Waals surface area (Å²) in [6.07, 6.45) is 1.45. The Balaban J connectivity index is 2.90. The molecule has 0 N–H and O–H groups in total. The number of benzene rings is 1. The molecule has 0 saturated carbocycles. The summed E-state index contributed by atoms with van der Waals surface area (Å²) in [7, 11) is 0. The summed E-state index contributed by atoms with van der Waals surface area (Å²) in [5.74, 6) is -0.356. The van der Waals surface area contributed by atoms with E-state index >= 15 is 0 Å². The van der Waals surface area contributed by atoms with Crippen molar-refractivity contribution < 1.29 is 4.39 Å². The highest BCUT2D eigenvalue weighted by Crippen LogP contribution is 2.23. The van der Waals surface area contributed by atoms with Crippen molar-refractivity contribution in [1.29, 1.82) is 5.26 Å². The largest absolute Gasteiger partial charge is 0.242 e. The van der Waals surface area contributed by atoms with Gasteiger partial charge in [-0.05, 0) is 18.2 Å². The van der Waals surface area contributed by atoms with Gasteiger partial charge in [0.2, 0.25) is 0 Å². The molecule has 0 aliphatic rings. The molecule has 0 radical (unpaired) electrons. The Kier molecular flexibility index (Phi) is 2.06. The van der Waals surface area contributed by atoms with Crippen LogP contribution < -0.4 is 0 Å². The Morgan fingerprint density at radius 3 is 2.93 bits per heavy atom. The lowest BCUT2D eigenvalue weighted by Gasteiger charge is -2.00. The number of fused-ring (bicyclic) bond motifs is 1. The number of halogens is 2. The lowest BCUT2D eigenvalue weighted by Crippen LogP contribution is -1.86. The van der Waals surface area contributed by atoms with Gasteiger partial charge in [0.05, 0.1) is 5.56 Å². The van der Waals surface area contributed by atoms with Crippen molar-refractivity contribution in [3.63, 3.8) is 0 Å². The van der Waals surface area contributed by atoms with Gasteiger partial charge in [0, 0.05) is 17.0 Å². The zero-order chi connectivity index (χ0) is 10.1. The molecule has 0 bridgehead atoms. The van der Waals surface area contributed by atoms with Crippen molar-refractivity contribution in [2.24, 2.45) is 0 Å². The molecule has 1 aromatic heterocycles. The number of pyridine rings is 1. The van der Waals surface area contributed by atoms with Gasteiger partial charge in [0.15, 0.2) is 0 Å². The second-order valence-electron chi connectivity index (χ2n) is 2.77. The zero-order valence-corrected chi connectivity index (χ0v) is 7.72. The maximum atomic E-state index is 12.8. The van der Waals surface area contributed by atoms with E-state index in [-0.39, 0.29) is 16.5 Å². The van der Waals surface area contributed by atoms with Crippen molar-refractivity contribution >= 4 is 22.4 Å². The summed E-state index contributed by atoms with van der Waals surface area (Å²) in [6, 6.07) is 6.08. The minimum absolute atomic E-state index is 0.145. The molecule has 2 rings (SSSR count). The fraction of sp³-hybridized carbons (Fsp3) is 0. The van der Waals surface area contributed by atoms with Gasteiger partial charge in [0.1, 0.15) is 17.0 Å². The van der Waals surface area contributed by atoms with Crippen LogP contribution in [0.15, 0.2) is 24.4 Å². The van der Waals surface area contributed by atoms with Gasteiger partial charge in [-0.25, -0.2) is 9.37 Å². The van der Waals surface area contributed by atoms with Crippen LogP contribution in [0.2, 0.25) is 5.15 Å². The fourth-order valence-corrected chi connectivity index (χ4v) is 1.47. The van der Waals surface area contributed by atoms with Crippen LogP contribution in [0.5, 0.6) is 0 Å². The Labute approximate surface area is 84.6 Å². The van der Waals surface area contributed by atoms with Crippen LogP contribution in [-0.2, 0) is 0 Å². The fourth-order valence-electron chi connectivity index (χ4n) is 1.28. The van der Waals surface area contributed by atoms with Crippen molar-refractivity contribution in [2.75, 3.05) is 0 Å². The first kappa shape index (κ1) is 8.92. The van der Waals surface area contributed by atoms with Crippen LogP contribution in [0, 0.1) is 17.1 Å². The highest BCUT2D eigenvalue weighted by Gasteiger charge is 2.06. The minimum atomic E-state index is -0.356. The molecule has 2 aromatic rings. The molecular weight excluding hydrogens is 203 g/mol. The summed E-state index contributed by atoms with van der Waals surface area (Å²) in [5, 5.41) is 10.2. The van der Waals surface area contributed by atoms with E-state index in [0.717, 1.165) is 0 Å². The maximum Gasteiger partial charge on any atom is 0.147 e. The molecule has 0 amide bonds. The number of rotatable bonds is 0. The second-order valence-corrected chi connectivity index (χ2v) is 3.13. The number of hydrogen-bond donors (Lipinski definition) is 0. The molecule has 0 spiro atoms. The predicted molar refractivity (Wildman–Crippen MR) is 51.4 cm³/mol. The van der Waals surface area contributed by atoms with E-state index in [9.17, 15) is 4.39 Å². The number of hydrogen-bond acceptors (Lipinski definition) is 2. The standard InChI is InChI=1S/C10H4ClFN2/c11-10-9(4-13)8-2-1-7(12)3-6(8)5-14-10/h1-3,5H. The second kappa shape index (κ2) is 3.24. The molecule has 0 saturated heterocycles. The number of nitriles is 1. The van der Waals surface area contributed by atoms with Crippen molar-refractivity contribution in [2.45, 2.75) is 0 Å². The molecule has 0 aliphatic heterocycles. The van der Waals surface area contributed by atoms with Crippen LogP contribution in [-0.4, -0.2) is 4.98 Å². The number of aromatic nitrogens is 1. The van der Waals surface area contributed by atoms with E-state index in [1.807, 2.05) is 6.07 Å². The Bertz CT molecular complexity index is 546. The summed E-state index contributed by atoms with van der Waals surface area (Å²) in [5.41, 5.74) is 0.282. The molecule has 0 unspecified atom stereocenters. The third-order valence-corrected chi connectivity index (χ3v) is 2.20. The van der Waals surface area contributed by atoms with Gasteiger partial charge in [-0.1, -0.05) is 11.6 Å². The predicted octanol–water partition coefficient (Wildman–Crippen LogP) is 2.90. The first-order valence-electron chi connectivity index (χ1n) is 3.86.